The van der Waals surface area contributed by atoms with Crippen molar-refractivity contribution in [2.45, 2.75) is 83.9 Å². The van der Waals surface area contributed by atoms with E-state index in [1.807, 2.05) is 31.2 Å². The van der Waals surface area contributed by atoms with Crippen LogP contribution in [0.3, 0.4) is 0 Å². The lowest BCUT2D eigenvalue weighted by Crippen LogP contribution is -2.38. The van der Waals surface area contributed by atoms with E-state index < -0.39 is 30.8 Å². The van der Waals surface area contributed by atoms with Gasteiger partial charge in [-0.15, -0.1) is 0 Å². The van der Waals surface area contributed by atoms with Crippen LogP contribution in [0.5, 0.6) is 5.75 Å². The minimum absolute atomic E-state index is 0.0980. The summed E-state index contributed by atoms with van der Waals surface area (Å²) in [4.78, 5) is 23.9. The highest BCUT2D eigenvalue weighted by Gasteiger charge is 2.43. The summed E-state index contributed by atoms with van der Waals surface area (Å²) >= 11 is 0. The predicted molar refractivity (Wildman–Crippen MR) is 136 cm³/mol. The van der Waals surface area contributed by atoms with Gasteiger partial charge in [-0.1, -0.05) is 76.6 Å². The van der Waals surface area contributed by atoms with E-state index in [4.69, 9.17) is 9.47 Å². The van der Waals surface area contributed by atoms with Gasteiger partial charge in [0.1, 0.15) is 12.4 Å². The number of ether oxygens (including phenoxy) is 3. The normalized spacial score (nSPS) is 12.1. The van der Waals surface area contributed by atoms with E-state index in [1.165, 1.54) is 37.8 Å². The Kier molecular flexibility index (Phi) is 13.0. The molecular formula is C29H37F3O5. The molecule has 0 spiro atoms. The SMILES string of the molecule is CCCCCCCCOc1ccc(-c2ccc(C(=O)OCC(OC(=O)CCCC)C(F)(F)F)cc2)cc1. The molecule has 0 heterocycles. The molecule has 0 aromatic heterocycles. The van der Waals surface area contributed by atoms with E-state index in [0.29, 0.717) is 19.4 Å². The average molecular weight is 523 g/mol. The molecule has 0 radical (unpaired) electrons. The van der Waals surface area contributed by atoms with Crippen LogP contribution in [-0.2, 0) is 14.3 Å². The van der Waals surface area contributed by atoms with Gasteiger partial charge in [-0.25, -0.2) is 4.79 Å². The van der Waals surface area contributed by atoms with Crippen molar-refractivity contribution in [2.75, 3.05) is 13.2 Å². The third kappa shape index (κ3) is 11.3. The molecule has 1 atom stereocenters. The molecular weight excluding hydrogens is 485 g/mol. The third-order valence-corrected chi connectivity index (χ3v) is 5.81. The highest BCUT2D eigenvalue weighted by molar-refractivity contribution is 5.90. The molecule has 2 aromatic carbocycles. The number of hydrogen-bond acceptors (Lipinski definition) is 5. The second kappa shape index (κ2) is 15.9. The molecule has 0 amide bonds. The number of unbranched alkanes of at least 4 members (excludes halogenated alkanes) is 6. The van der Waals surface area contributed by atoms with Crippen LogP contribution in [0, 0.1) is 0 Å². The van der Waals surface area contributed by atoms with Crippen molar-refractivity contribution < 1.29 is 37.0 Å². The van der Waals surface area contributed by atoms with Crippen LogP contribution < -0.4 is 4.74 Å². The molecule has 0 bridgehead atoms. The highest BCUT2D eigenvalue weighted by Crippen LogP contribution is 2.26. The average Bonchev–Trinajstić information content (AvgIpc) is 2.89. The van der Waals surface area contributed by atoms with Crippen LogP contribution in [0.2, 0.25) is 0 Å². The lowest BCUT2D eigenvalue weighted by Gasteiger charge is -2.20. The molecule has 2 rings (SSSR count). The number of carbonyl (C=O) groups excluding carboxylic acids is 2. The van der Waals surface area contributed by atoms with Gasteiger partial charge in [0.25, 0.3) is 0 Å². The quantitative estimate of drug-likeness (QED) is 0.166. The highest BCUT2D eigenvalue weighted by atomic mass is 19.4. The standard InChI is InChI=1S/C29H37F3O5/c1-3-5-7-8-9-10-20-35-25-18-16-23(17-19-25)22-12-14-24(15-13-22)28(34)36-21-26(29(30,31)32)37-27(33)11-6-4-2/h12-19,26H,3-11,20-21H2,1-2H3. The van der Waals surface area contributed by atoms with Crippen molar-refractivity contribution in [3.05, 3.63) is 54.1 Å². The molecule has 0 N–H and O–H groups in total. The number of rotatable bonds is 16. The second-order valence-electron chi connectivity index (χ2n) is 8.94. The fourth-order valence-corrected chi connectivity index (χ4v) is 3.58. The lowest BCUT2D eigenvalue weighted by molar-refractivity contribution is -0.228. The minimum Gasteiger partial charge on any atom is -0.494 e. The zero-order chi connectivity index (χ0) is 27.1. The molecule has 0 aliphatic rings. The topological polar surface area (TPSA) is 61.8 Å². The number of benzene rings is 2. The van der Waals surface area contributed by atoms with Gasteiger partial charge < -0.3 is 14.2 Å². The van der Waals surface area contributed by atoms with Crippen LogP contribution >= 0.6 is 0 Å². The molecule has 204 valence electrons. The first kappa shape index (κ1) is 30.2. The largest absolute Gasteiger partial charge is 0.494 e. The molecule has 0 saturated carbocycles. The molecule has 2 aromatic rings. The monoisotopic (exact) mass is 522 g/mol. The molecule has 37 heavy (non-hydrogen) atoms. The predicted octanol–water partition coefficient (Wildman–Crippen LogP) is 7.91. The lowest BCUT2D eigenvalue weighted by atomic mass is 10.0. The van der Waals surface area contributed by atoms with E-state index in [1.54, 1.807) is 12.1 Å². The molecule has 0 fully saturated rings. The Hall–Kier alpha value is -3.03. The van der Waals surface area contributed by atoms with Gasteiger partial charge in [0.05, 0.1) is 12.2 Å². The summed E-state index contributed by atoms with van der Waals surface area (Å²) in [5, 5.41) is 0. The number of esters is 2. The van der Waals surface area contributed by atoms with Crippen molar-refractivity contribution >= 4 is 11.9 Å². The van der Waals surface area contributed by atoms with E-state index >= 15 is 0 Å². The van der Waals surface area contributed by atoms with Crippen molar-refractivity contribution in [3.8, 4) is 16.9 Å². The van der Waals surface area contributed by atoms with E-state index in [2.05, 4.69) is 11.7 Å². The summed E-state index contributed by atoms with van der Waals surface area (Å²) in [6.45, 7) is 3.59. The molecule has 5 nitrogen and oxygen atoms in total. The van der Waals surface area contributed by atoms with Crippen LogP contribution in [0.4, 0.5) is 13.2 Å². The van der Waals surface area contributed by atoms with Crippen LogP contribution in [0.15, 0.2) is 48.5 Å². The molecule has 1 unspecified atom stereocenters. The Bertz CT molecular complexity index is 940. The Morgan fingerprint density at radius 1 is 0.784 bits per heavy atom. The van der Waals surface area contributed by atoms with Crippen molar-refractivity contribution in [1.82, 2.24) is 0 Å². The maximum atomic E-state index is 13.2. The smallest absolute Gasteiger partial charge is 0.428 e. The number of alkyl halides is 3. The summed E-state index contributed by atoms with van der Waals surface area (Å²) < 4.78 is 54.7. The minimum atomic E-state index is -4.84. The van der Waals surface area contributed by atoms with Crippen LogP contribution in [0.25, 0.3) is 11.1 Å². The van der Waals surface area contributed by atoms with Gasteiger partial charge in [-0.2, -0.15) is 13.2 Å². The van der Waals surface area contributed by atoms with Crippen molar-refractivity contribution in [3.63, 3.8) is 0 Å². The fourth-order valence-electron chi connectivity index (χ4n) is 3.58. The van der Waals surface area contributed by atoms with Gasteiger partial charge in [0, 0.05) is 6.42 Å². The van der Waals surface area contributed by atoms with Gasteiger partial charge in [-0.3, -0.25) is 4.79 Å². The van der Waals surface area contributed by atoms with Gasteiger partial charge >= 0.3 is 18.1 Å². The first-order chi connectivity index (χ1) is 17.7. The zero-order valence-electron chi connectivity index (χ0n) is 21.6. The summed E-state index contributed by atoms with van der Waals surface area (Å²) in [6, 6.07) is 13.9. The third-order valence-electron chi connectivity index (χ3n) is 5.81. The Balaban J connectivity index is 1.85. The van der Waals surface area contributed by atoms with Gasteiger partial charge in [0.15, 0.2) is 0 Å². The maximum absolute atomic E-state index is 13.2. The number of carbonyl (C=O) groups is 2. The first-order valence-electron chi connectivity index (χ1n) is 13.0. The zero-order valence-corrected chi connectivity index (χ0v) is 21.6. The Morgan fingerprint density at radius 3 is 1.95 bits per heavy atom. The molecule has 0 aliphatic carbocycles. The van der Waals surface area contributed by atoms with Crippen molar-refractivity contribution in [2.24, 2.45) is 0 Å². The van der Waals surface area contributed by atoms with E-state index in [0.717, 1.165) is 29.7 Å². The van der Waals surface area contributed by atoms with Crippen molar-refractivity contribution in [1.29, 1.82) is 0 Å². The Morgan fingerprint density at radius 2 is 1.35 bits per heavy atom. The van der Waals surface area contributed by atoms with Gasteiger partial charge in [0.2, 0.25) is 6.10 Å². The first-order valence-corrected chi connectivity index (χ1v) is 13.0. The van der Waals surface area contributed by atoms with Crippen LogP contribution in [0.1, 0.15) is 82.0 Å². The Labute approximate surface area is 217 Å². The summed E-state index contributed by atoms with van der Waals surface area (Å²) in [6.07, 6.45) is 0.804. The summed E-state index contributed by atoms with van der Waals surface area (Å²) in [5.41, 5.74) is 1.83. The summed E-state index contributed by atoms with van der Waals surface area (Å²) in [7, 11) is 0. The van der Waals surface area contributed by atoms with Crippen LogP contribution in [-0.4, -0.2) is 37.4 Å². The fraction of sp³-hybridized carbons (Fsp3) is 0.517. The van der Waals surface area contributed by atoms with E-state index in [9.17, 15) is 22.8 Å². The van der Waals surface area contributed by atoms with Gasteiger partial charge in [-0.05, 0) is 48.2 Å². The number of halogens is 3. The second-order valence-corrected chi connectivity index (χ2v) is 8.94. The maximum Gasteiger partial charge on any atom is 0.428 e. The van der Waals surface area contributed by atoms with E-state index in [-0.39, 0.29) is 12.0 Å². The molecule has 8 heteroatoms. The summed E-state index contributed by atoms with van der Waals surface area (Å²) in [5.74, 6) is -1.11. The number of hydrogen-bond donors (Lipinski definition) is 0. The molecule has 0 aliphatic heterocycles. The molecule has 0 saturated heterocycles.